The zero-order valence-corrected chi connectivity index (χ0v) is 15.9. The minimum absolute atomic E-state index is 0. The fourth-order valence-corrected chi connectivity index (χ4v) is 2.56. The van der Waals surface area contributed by atoms with E-state index >= 15 is 0 Å². The van der Waals surface area contributed by atoms with Gasteiger partial charge in [0.1, 0.15) is 5.82 Å². The molecule has 1 fully saturated rings. The normalized spacial score (nSPS) is 23.8. The summed E-state index contributed by atoms with van der Waals surface area (Å²) in [7, 11) is -3.23. The molecule has 1 aliphatic rings. The number of alkyl halides is 2. The van der Waals surface area contributed by atoms with Crippen molar-refractivity contribution in [2.24, 2.45) is 0 Å². The van der Waals surface area contributed by atoms with Crippen LogP contribution in [0.5, 0.6) is 0 Å². The first-order valence-corrected chi connectivity index (χ1v) is 8.20. The number of nitrogens with zero attached hydrogens (tertiary/aromatic N) is 2. The summed E-state index contributed by atoms with van der Waals surface area (Å²) in [5.74, 6) is -3.04. The molecule has 0 amide bonds. The van der Waals surface area contributed by atoms with E-state index in [-0.39, 0.29) is 32.9 Å². The van der Waals surface area contributed by atoms with Crippen LogP contribution < -0.4 is 11.0 Å². The molecule has 2 heterocycles. The second kappa shape index (κ2) is 8.63. The van der Waals surface area contributed by atoms with Crippen LogP contribution in [-0.4, -0.2) is 39.1 Å². The van der Waals surface area contributed by atoms with Crippen molar-refractivity contribution in [2.45, 2.75) is 44.6 Å². The van der Waals surface area contributed by atoms with Crippen molar-refractivity contribution >= 4 is 14.1 Å². The Hall–Kier alpha value is -0.662. The van der Waals surface area contributed by atoms with Crippen LogP contribution in [0.25, 0.3) is 0 Å². The van der Waals surface area contributed by atoms with Crippen molar-refractivity contribution in [1.29, 1.82) is 0 Å². The first-order chi connectivity index (χ1) is 10.7. The third-order valence-electron chi connectivity index (χ3n) is 3.09. The summed E-state index contributed by atoms with van der Waals surface area (Å²) in [5.41, 5.74) is -0.877. The molecule has 1 aromatic rings. The Morgan fingerprint density at radius 3 is 2.83 bits per heavy atom. The fourth-order valence-electron chi connectivity index (χ4n) is 2.23. The first-order valence-electron chi connectivity index (χ1n) is 6.94. The number of halogens is 2. The molecule has 24 heavy (non-hydrogen) atoms. The molecule has 3 atom stereocenters. The molecule has 1 aromatic heterocycles. The molecule has 0 spiro atoms. The van der Waals surface area contributed by atoms with Crippen molar-refractivity contribution in [3.63, 3.8) is 0 Å². The van der Waals surface area contributed by atoms with Crippen LogP contribution in [0.1, 0.15) is 26.5 Å². The van der Waals surface area contributed by atoms with Crippen molar-refractivity contribution in [3.05, 3.63) is 22.7 Å². The van der Waals surface area contributed by atoms with Crippen molar-refractivity contribution in [3.8, 4) is 0 Å². The van der Waals surface area contributed by atoms with Gasteiger partial charge in [-0.1, -0.05) is 0 Å². The quantitative estimate of drug-likeness (QED) is 0.500. The van der Waals surface area contributed by atoms with Gasteiger partial charge in [-0.2, -0.15) is 4.98 Å². The van der Waals surface area contributed by atoms with Crippen LogP contribution in [0.15, 0.2) is 17.1 Å². The van der Waals surface area contributed by atoms with Gasteiger partial charge in [0.05, 0.1) is 12.7 Å². The topological polar surface area (TPSA) is 103 Å². The number of ether oxygens (including phenoxy) is 1. The molecule has 0 aromatic carbocycles. The number of nitrogens with one attached hydrogen (secondary N) is 1. The smallest absolute Gasteiger partial charge is 0.351 e. The maximum atomic E-state index is 14.0. The molecule has 1 aliphatic heterocycles. The van der Waals surface area contributed by atoms with Gasteiger partial charge >= 0.3 is 13.9 Å². The molecular formula is C12H18F2MoN3O5P. The Balaban J connectivity index is 0.00000288. The summed E-state index contributed by atoms with van der Waals surface area (Å²) in [6.07, 6.45) is -2.45. The van der Waals surface area contributed by atoms with E-state index in [4.69, 9.17) is 9.63 Å². The fraction of sp³-hybridized carbons (Fsp3) is 0.667. The van der Waals surface area contributed by atoms with E-state index in [0.29, 0.717) is 4.57 Å². The molecule has 0 saturated carbocycles. The van der Waals surface area contributed by atoms with E-state index in [1.165, 1.54) is 12.3 Å². The van der Waals surface area contributed by atoms with Crippen molar-refractivity contribution < 1.29 is 48.6 Å². The van der Waals surface area contributed by atoms with Crippen molar-refractivity contribution in [1.82, 2.24) is 9.55 Å². The van der Waals surface area contributed by atoms with E-state index in [1.807, 2.05) is 13.8 Å². The molecule has 0 aliphatic carbocycles. The van der Waals surface area contributed by atoms with Gasteiger partial charge in [0.25, 0.3) is 5.92 Å². The van der Waals surface area contributed by atoms with Gasteiger partial charge in [-0.3, -0.25) is 9.13 Å². The van der Waals surface area contributed by atoms with E-state index in [0.717, 1.165) is 0 Å². The molecule has 136 valence electrons. The van der Waals surface area contributed by atoms with E-state index in [2.05, 4.69) is 14.8 Å². The standard InChI is InChI=1S/C12H18F2N3O5P.Mo/c1-7(2)15-9-3-4-17(11(18)16-9)10-12(13,14)5-8(22-10)6-21-23(19)20;/h3-4,7-8,10,23H,5-6H2,1-2H3,(H,19,20)(H,15,16,18);/t8-,10+;/m0./s1. The molecule has 2 rings (SSSR count). The van der Waals surface area contributed by atoms with Gasteiger partial charge in [0.2, 0.25) is 6.23 Å². The van der Waals surface area contributed by atoms with Gasteiger partial charge in [0.15, 0.2) is 0 Å². The Kier molecular flexibility index (Phi) is 7.68. The molecule has 1 saturated heterocycles. The monoisotopic (exact) mass is 451 g/mol. The van der Waals surface area contributed by atoms with Gasteiger partial charge in [-0.25, -0.2) is 13.6 Å². The predicted molar refractivity (Wildman–Crippen MR) is 77.9 cm³/mol. The van der Waals surface area contributed by atoms with Crippen LogP contribution in [0.4, 0.5) is 14.6 Å². The molecule has 1 unspecified atom stereocenters. The summed E-state index contributed by atoms with van der Waals surface area (Å²) in [5, 5.41) is 2.89. The first kappa shape index (κ1) is 21.4. The average molecular weight is 449 g/mol. The molecule has 8 nitrogen and oxygen atoms in total. The molecule has 0 radical (unpaired) electrons. The van der Waals surface area contributed by atoms with E-state index < -0.39 is 45.2 Å². The summed E-state index contributed by atoms with van der Waals surface area (Å²) in [6, 6.07) is 1.43. The molecule has 0 bridgehead atoms. The van der Waals surface area contributed by atoms with Gasteiger partial charge in [0, 0.05) is 39.7 Å². The minimum Gasteiger partial charge on any atom is -0.368 e. The van der Waals surface area contributed by atoms with Gasteiger partial charge in [-0.05, 0) is 19.9 Å². The summed E-state index contributed by atoms with van der Waals surface area (Å²) < 4.78 is 48.8. The number of hydrogen-bond donors (Lipinski definition) is 2. The number of aromatic nitrogens is 2. The molecule has 2 N–H and O–H groups in total. The van der Waals surface area contributed by atoms with E-state index in [1.54, 1.807) is 0 Å². The van der Waals surface area contributed by atoms with E-state index in [9.17, 15) is 18.1 Å². The Labute approximate surface area is 151 Å². The van der Waals surface area contributed by atoms with Gasteiger partial charge in [-0.15, -0.1) is 0 Å². The zero-order valence-electron chi connectivity index (χ0n) is 12.9. The Morgan fingerprint density at radius 1 is 1.62 bits per heavy atom. The summed E-state index contributed by atoms with van der Waals surface area (Å²) >= 11 is 0. The van der Waals surface area contributed by atoms with Crippen LogP contribution >= 0.6 is 8.25 Å². The van der Waals surface area contributed by atoms with Crippen LogP contribution in [0.3, 0.4) is 0 Å². The summed E-state index contributed by atoms with van der Waals surface area (Å²) in [4.78, 5) is 24.2. The second-order valence-corrected chi connectivity index (χ2v) is 6.27. The minimum atomic E-state index is -3.32. The Morgan fingerprint density at radius 2 is 2.29 bits per heavy atom. The van der Waals surface area contributed by atoms with Gasteiger partial charge < -0.3 is 19.5 Å². The largest absolute Gasteiger partial charge is 0.368 e. The van der Waals surface area contributed by atoms with Crippen molar-refractivity contribution in [2.75, 3.05) is 11.9 Å². The number of anilines is 1. The van der Waals surface area contributed by atoms with Crippen LogP contribution in [0.2, 0.25) is 0 Å². The predicted octanol–water partition coefficient (Wildman–Crippen LogP) is 1.38. The average Bonchev–Trinajstić information content (AvgIpc) is 2.71. The molecule has 12 heteroatoms. The maximum Gasteiger partial charge on any atom is 0.351 e. The maximum absolute atomic E-state index is 14.0. The third-order valence-corrected chi connectivity index (χ3v) is 3.51. The van der Waals surface area contributed by atoms with Crippen LogP contribution in [0, 0.1) is 0 Å². The zero-order chi connectivity index (χ0) is 17.2. The number of rotatable bonds is 6. The second-order valence-electron chi connectivity index (χ2n) is 5.45. The SMILES string of the molecule is CC(C)Nc1ccn([C@@H]2O[C@H](CO[PH](=O)O)CC2(F)F)c(=O)n1.[Mo]. The third kappa shape index (κ3) is 5.42. The molecular weight excluding hydrogens is 431 g/mol. The van der Waals surface area contributed by atoms with Crippen LogP contribution in [-0.2, 0) is 34.9 Å². The summed E-state index contributed by atoms with van der Waals surface area (Å²) in [6.45, 7) is 3.24. The Bertz CT molecular complexity index is 645. The number of hydrogen-bond acceptors (Lipinski definition) is 6.